The summed E-state index contributed by atoms with van der Waals surface area (Å²) in [6.45, 7) is -0.192. The molecule has 0 saturated carbocycles. The van der Waals surface area contributed by atoms with Gasteiger partial charge in [0.2, 0.25) is 5.89 Å². The highest BCUT2D eigenvalue weighted by Gasteiger charge is 2.05. The van der Waals surface area contributed by atoms with Crippen molar-refractivity contribution in [1.82, 2.24) is 10.1 Å². The van der Waals surface area contributed by atoms with Crippen LogP contribution in [0.3, 0.4) is 0 Å². The molecule has 0 aliphatic carbocycles. The Morgan fingerprint density at radius 3 is 2.93 bits per heavy atom. The number of hydrogen-bond donors (Lipinski definition) is 1. The first-order valence-corrected chi connectivity index (χ1v) is 5.24. The van der Waals surface area contributed by atoms with Gasteiger partial charge in [-0.25, -0.2) is 0 Å². The van der Waals surface area contributed by atoms with Crippen molar-refractivity contribution in [2.75, 3.05) is 0 Å². The van der Waals surface area contributed by atoms with E-state index in [0.29, 0.717) is 18.1 Å². The third kappa shape index (κ3) is 2.64. The Bertz CT molecular complexity index is 456. The van der Waals surface area contributed by atoms with E-state index in [0.717, 1.165) is 10.0 Å². The summed E-state index contributed by atoms with van der Waals surface area (Å²) in [5.41, 5.74) is 1.08. The SMILES string of the molecule is OCc1noc(Cc2cccc(Br)c2)n1. The predicted octanol–water partition coefficient (Wildman–Crippen LogP) is 1.92. The van der Waals surface area contributed by atoms with Crippen LogP contribution in [0.1, 0.15) is 17.3 Å². The van der Waals surface area contributed by atoms with Crippen LogP contribution in [-0.4, -0.2) is 15.2 Å². The van der Waals surface area contributed by atoms with Gasteiger partial charge in [0.15, 0.2) is 5.82 Å². The number of aliphatic hydroxyl groups is 1. The van der Waals surface area contributed by atoms with Crippen molar-refractivity contribution < 1.29 is 9.63 Å². The van der Waals surface area contributed by atoms with Crippen molar-refractivity contribution in [2.45, 2.75) is 13.0 Å². The topological polar surface area (TPSA) is 59.2 Å². The number of aliphatic hydroxyl groups excluding tert-OH is 1. The van der Waals surface area contributed by atoms with Crippen LogP contribution in [0.15, 0.2) is 33.3 Å². The molecule has 0 bridgehead atoms. The molecular weight excluding hydrogens is 260 g/mol. The Balaban J connectivity index is 2.14. The summed E-state index contributed by atoms with van der Waals surface area (Å²) in [5, 5.41) is 12.4. The highest BCUT2D eigenvalue weighted by molar-refractivity contribution is 9.10. The summed E-state index contributed by atoms with van der Waals surface area (Å²) >= 11 is 3.39. The number of hydrogen-bond acceptors (Lipinski definition) is 4. The summed E-state index contributed by atoms with van der Waals surface area (Å²) < 4.78 is 5.98. The molecule has 78 valence electrons. The van der Waals surface area contributed by atoms with E-state index in [1.165, 1.54) is 0 Å². The fourth-order valence-electron chi connectivity index (χ4n) is 1.25. The van der Waals surface area contributed by atoms with Gasteiger partial charge in [-0.15, -0.1) is 0 Å². The van der Waals surface area contributed by atoms with E-state index in [4.69, 9.17) is 9.63 Å². The van der Waals surface area contributed by atoms with Gasteiger partial charge in [0, 0.05) is 4.47 Å². The van der Waals surface area contributed by atoms with Crippen molar-refractivity contribution in [3.63, 3.8) is 0 Å². The first-order chi connectivity index (χ1) is 7.28. The van der Waals surface area contributed by atoms with Crippen LogP contribution < -0.4 is 0 Å². The second-order valence-electron chi connectivity index (χ2n) is 3.07. The van der Waals surface area contributed by atoms with Crippen LogP contribution in [0.4, 0.5) is 0 Å². The van der Waals surface area contributed by atoms with E-state index in [9.17, 15) is 0 Å². The molecule has 0 unspecified atom stereocenters. The van der Waals surface area contributed by atoms with E-state index >= 15 is 0 Å². The van der Waals surface area contributed by atoms with Gasteiger partial charge >= 0.3 is 0 Å². The quantitative estimate of drug-likeness (QED) is 0.924. The largest absolute Gasteiger partial charge is 0.388 e. The lowest BCUT2D eigenvalue weighted by Gasteiger charge is -1.96. The molecule has 1 heterocycles. The maximum Gasteiger partial charge on any atom is 0.231 e. The molecule has 0 spiro atoms. The van der Waals surface area contributed by atoms with Crippen LogP contribution >= 0.6 is 15.9 Å². The van der Waals surface area contributed by atoms with Gasteiger partial charge < -0.3 is 9.63 Å². The molecule has 0 radical (unpaired) electrons. The van der Waals surface area contributed by atoms with Crippen LogP contribution in [0.5, 0.6) is 0 Å². The third-order valence-electron chi connectivity index (χ3n) is 1.90. The van der Waals surface area contributed by atoms with E-state index in [1.807, 2.05) is 24.3 Å². The molecule has 0 amide bonds. The lowest BCUT2D eigenvalue weighted by molar-refractivity contribution is 0.263. The maximum atomic E-state index is 8.77. The Morgan fingerprint density at radius 2 is 2.27 bits per heavy atom. The van der Waals surface area contributed by atoms with E-state index in [-0.39, 0.29) is 6.61 Å². The molecule has 1 aromatic heterocycles. The van der Waals surface area contributed by atoms with Crippen LogP contribution in [-0.2, 0) is 13.0 Å². The highest BCUT2D eigenvalue weighted by Crippen LogP contribution is 2.14. The molecule has 5 heteroatoms. The zero-order valence-electron chi connectivity index (χ0n) is 7.85. The Hall–Kier alpha value is -1.20. The lowest BCUT2D eigenvalue weighted by atomic mass is 10.1. The number of rotatable bonds is 3. The summed E-state index contributed by atoms with van der Waals surface area (Å²) in [6, 6.07) is 7.87. The van der Waals surface area contributed by atoms with Gasteiger partial charge in [-0.1, -0.05) is 33.2 Å². The molecule has 2 rings (SSSR count). The van der Waals surface area contributed by atoms with Gasteiger partial charge in [-0.05, 0) is 17.7 Å². The van der Waals surface area contributed by atoms with E-state index in [2.05, 4.69) is 26.1 Å². The normalized spacial score (nSPS) is 10.5. The third-order valence-corrected chi connectivity index (χ3v) is 2.39. The molecule has 1 N–H and O–H groups in total. The fraction of sp³-hybridized carbons (Fsp3) is 0.200. The minimum atomic E-state index is -0.192. The molecule has 15 heavy (non-hydrogen) atoms. The van der Waals surface area contributed by atoms with Gasteiger partial charge in [-0.2, -0.15) is 4.98 Å². The Morgan fingerprint density at radius 1 is 1.40 bits per heavy atom. The van der Waals surface area contributed by atoms with E-state index < -0.39 is 0 Å². The molecule has 0 saturated heterocycles. The van der Waals surface area contributed by atoms with Crippen LogP contribution in [0, 0.1) is 0 Å². The summed E-state index contributed by atoms with van der Waals surface area (Å²) in [5.74, 6) is 0.831. The van der Waals surface area contributed by atoms with Crippen LogP contribution in [0.25, 0.3) is 0 Å². The van der Waals surface area contributed by atoms with Crippen molar-refractivity contribution in [2.24, 2.45) is 0 Å². The highest BCUT2D eigenvalue weighted by atomic mass is 79.9. The Kier molecular flexibility index (Phi) is 3.13. The maximum absolute atomic E-state index is 8.77. The molecule has 0 atom stereocenters. The minimum Gasteiger partial charge on any atom is -0.388 e. The Labute approximate surface area is 95.1 Å². The zero-order chi connectivity index (χ0) is 10.7. The standard InChI is InChI=1S/C10H9BrN2O2/c11-8-3-1-2-7(4-8)5-10-12-9(6-14)13-15-10/h1-4,14H,5-6H2. The fourth-order valence-corrected chi connectivity index (χ4v) is 1.69. The number of benzene rings is 1. The molecule has 0 fully saturated rings. The first-order valence-electron chi connectivity index (χ1n) is 4.44. The van der Waals surface area contributed by atoms with Crippen molar-refractivity contribution >= 4 is 15.9 Å². The van der Waals surface area contributed by atoms with Gasteiger partial charge in [0.05, 0.1) is 6.42 Å². The number of aromatic nitrogens is 2. The second kappa shape index (κ2) is 4.55. The van der Waals surface area contributed by atoms with Crippen molar-refractivity contribution in [3.05, 3.63) is 46.0 Å². The lowest BCUT2D eigenvalue weighted by Crippen LogP contribution is -1.90. The second-order valence-corrected chi connectivity index (χ2v) is 3.98. The molecule has 2 aromatic rings. The molecular formula is C10H9BrN2O2. The monoisotopic (exact) mass is 268 g/mol. The van der Waals surface area contributed by atoms with Gasteiger partial charge in [0.25, 0.3) is 0 Å². The van der Waals surface area contributed by atoms with Gasteiger partial charge in [-0.3, -0.25) is 0 Å². The molecule has 1 aromatic carbocycles. The first kappa shape index (κ1) is 10.3. The average molecular weight is 269 g/mol. The van der Waals surface area contributed by atoms with Gasteiger partial charge in [0.1, 0.15) is 6.61 Å². The average Bonchev–Trinajstić information content (AvgIpc) is 2.65. The molecule has 0 aliphatic heterocycles. The zero-order valence-corrected chi connectivity index (χ0v) is 9.44. The summed E-state index contributed by atoms with van der Waals surface area (Å²) in [7, 11) is 0. The number of nitrogens with zero attached hydrogens (tertiary/aromatic N) is 2. The molecule has 4 nitrogen and oxygen atoms in total. The summed E-state index contributed by atoms with van der Waals surface area (Å²) in [6.07, 6.45) is 0.576. The number of halogens is 1. The summed E-state index contributed by atoms with van der Waals surface area (Å²) in [4.78, 5) is 4.01. The van der Waals surface area contributed by atoms with Crippen LogP contribution in [0.2, 0.25) is 0 Å². The molecule has 0 aliphatic rings. The minimum absolute atomic E-state index is 0.192. The van der Waals surface area contributed by atoms with Crippen molar-refractivity contribution in [3.8, 4) is 0 Å². The van der Waals surface area contributed by atoms with E-state index in [1.54, 1.807) is 0 Å². The van der Waals surface area contributed by atoms with Crippen molar-refractivity contribution in [1.29, 1.82) is 0 Å². The smallest absolute Gasteiger partial charge is 0.231 e. The predicted molar refractivity (Wildman–Crippen MR) is 57.2 cm³/mol.